The molecule has 1 atom stereocenters. The zero-order chi connectivity index (χ0) is 12.4. The Morgan fingerprint density at radius 1 is 1.39 bits per heavy atom. The zero-order valence-electron chi connectivity index (χ0n) is 9.99. The first-order chi connectivity index (χ1) is 8.81. The predicted octanol–water partition coefficient (Wildman–Crippen LogP) is 4.76. The molecule has 3 rings (SSSR count). The number of fused-ring (bicyclic) bond motifs is 1. The highest BCUT2D eigenvalue weighted by Crippen LogP contribution is 2.29. The van der Waals surface area contributed by atoms with Gasteiger partial charge in [-0.15, -0.1) is 0 Å². The third-order valence-electron chi connectivity index (χ3n) is 3.10. The van der Waals surface area contributed by atoms with Crippen LogP contribution in [0.3, 0.4) is 0 Å². The van der Waals surface area contributed by atoms with Crippen molar-refractivity contribution in [3.8, 4) is 0 Å². The maximum absolute atomic E-state index is 4.63. The Labute approximate surface area is 124 Å². The highest BCUT2D eigenvalue weighted by atomic mass is 79.9. The van der Waals surface area contributed by atoms with Crippen molar-refractivity contribution >= 4 is 54.4 Å². The van der Waals surface area contributed by atoms with E-state index >= 15 is 0 Å². The fraction of sp³-hybridized carbons (Fsp3) is 0.462. The van der Waals surface area contributed by atoms with Crippen molar-refractivity contribution < 1.29 is 0 Å². The molecule has 5 heteroatoms. The van der Waals surface area contributed by atoms with Crippen LogP contribution in [0.15, 0.2) is 22.7 Å². The van der Waals surface area contributed by atoms with E-state index in [0.29, 0.717) is 0 Å². The van der Waals surface area contributed by atoms with Gasteiger partial charge in [0.05, 0.1) is 10.2 Å². The second-order valence-electron chi connectivity index (χ2n) is 4.50. The van der Waals surface area contributed by atoms with E-state index in [1.807, 2.05) is 0 Å². The van der Waals surface area contributed by atoms with E-state index in [2.05, 4.69) is 56.2 Å². The van der Waals surface area contributed by atoms with Crippen LogP contribution in [0.4, 0.5) is 5.13 Å². The summed E-state index contributed by atoms with van der Waals surface area (Å²) in [7, 11) is 0. The molecule has 0 aliphatic carbocycles. The summed E-state index contributed by atoms with van der Waals surface area (Å²) in [5, 5.41) is 5.31. The maximum atomic E-state index is 4.63. The molecule has 18 heavy (non-hydrogen) atoms. The number of anilines is 1. The summed E-state index contributed by atoms with van der Waals surface area (Å²) in [4.78, 5) is 4.63. The molecule has 1 N–H and O–H groups in total. The third-order valence-corrected chi connectivity index (χ3v) is 5.99. The number of thioether (sulfide) groups is 1. The molecule has 1 aliphatic rings. The van der Waals surface area contributed by atoms with Crippen LogP contribution in [0.25, 0.3) is 10.2 Å². The van der Waals surface area contributed by atoms with Crippen LogP contribution in [0.1, 0.15) is 19.3 Å². The Bertz CT molecular complexity index is 535. The summed E-state index contributed by atoms with van der Waals surface area (Å²) in [5.74, 6) is 1.32. The molecule has 0 saturated carbocycles. The molecule has 1 aliphatic heterocycles. The first-order valence-corrected chi connectivity index (χ1v) is 8.89. The zero-order valence-corrected chi connectivity index (χ0v) is 13.2. The van der Waals surface area contributed by atoms with Gasteiger partial charge in [0.25, 0.3) is 0 Å². The van der Waals surface area contributed by atoms with Gasteiger partial charge in [0.2, 0.25) is 0 Å². The number of hydrogen-bond donors (Lipinski definition) is 1. The Kier molecular flexibility index (Phi) is 4.11. The van der Waals surface area contributed by atoms with Crippen molar-refractivity contribution in [3.05, 3.63) is 22.7 Å². The van der Waals surface area contributed by atoms with Crippen LogP contribution in [0, 0.1) is 0 Å². The summed E-state index contributed by atoms with van der Waals surface area (Å²) in [6, 6.07) is 6.27. The fourth-order valence-electron chi connectivity index (χ4n) is 2.15. The van der Waals surface area contributed by atoms with Crippen LogP contribution in [-0.2, 0) is 0 Å². The number of thiazole rings is 1. The Morgan fingerprint density at radius 3 is 3.17 bits per heavy atom. The number of aromatic nitrogens is 1. The summed E-state index contributed by atoms with van der Waals surface area (Å²) in [5.41, 5.74) is 1.08. The summed E-state index contributed by atoms with van der Waals surface area (Å²) >= 11 is 7.32. The monoisotopic (exact) mass is 342 g/mol. The molecule has 2 nitrogen and oxygen atoms in total. The number of nitrogens with one attached hydrogen (secondary N) is 1. The Morgan fingerprint density at radius 2 is 2.33 bits per heavy atom. The standard InChI is InChI=1S/C13H15BrN2S2/c14-9-4-5-12-11(7-9)16-13(18-12)15-8-10-3-1-2-6-17-10/h4-5,7,10H,1-3,6,8H2,(H,15,16). The Hall–Kier alpha value is -0.260. The average molecular weight is 343 g/mol. The molecule has 0 bridgehead atoms. The van der Waals surface area contributed by atoms with Crippen molar-refractivity contribution in [2.24, 2.45) is 0 Å². The number of nitrogens with zero attached hydrogens (tertiary/aromatic N) is 1. The van der Waals surface area contributed by atoms with Gasteiger partial charge in [-0.05, 0) is 36.8 Å². The van der Waals surface area contributed by atoms with Crippen molar-refractivity contribution in [3.63, 3.8) is 0 Å². The van der Waals surface area contributed by atoms with Crippen LogP contribution in [0.5, 0.6) is 0 Å². The molecule has 1 unspecified atom stereocenters. The minimum Gasteiger partial charge on any atom is -0.360 e. The minimum absolute atomic E-state index is 0.762. The van der Waals surface area contributed by atoms with E-state index in [1.54, 1.807) is 11.3 Å². The van der Waals surface area contributed by atoms with Crippen LogP contribution >= 0.6 is 39.0 Å². The van der Waals surface area contributed by atoms with E-state index in [0.717, 1.165) is 26.9 Å². The second-order valence-corrected chi connectivity index (χ2v) is 7.86. The first-order valence-electron chi connectivity index (χ1n) is 6.23. The largest absolute Gasteiger partial charge is 0.360 e. The molecule has 1 aromatic heterocycles. The SMILES string of the molecule is Brc1ccc2sc(NCC3CCCCS3)nc2c1. The van der Waals surface area contributed by atoms with Gasteiger partial charge in [0.15, 0.2) is 5.13 Å². The van der Waals surface area contributed by atoms with E-state index in [9.17, 15) is 0 Å². The number of hydrogen-bond acceptors (Lipinski definition) is 4. The maximum Gasteiger partial charge on any atom is 0.183 e. The first kappa shape index (κ1) is 12.8. The van der Waals surface area contributed by atoms with Crippen molar-refractivity contribution in [2.75, 3.05) is 17.6 Å². The minimum atomic E-state index is 0.762. The third kappa shape index (κ3) is 3.00. The van der Waals surface area contributed by atoms with Gasteiger partial charge < -0.3 is 5.32 Å². The smallest absolute Gasteiger partial charge is 0.183 e. The molecule has 96 valence electrons. The molecule has 1 saturated heterocycles. The van der Waals surface area contributed by atoms with Gasteiger partial charge in [-0.2, -0.15) is 11.8 Å². The molecule has 0 radical (unpaired) electrons. The van der Waals surface area contributed by atoms with Gasteiger partial charge >= 0.3 is 0 Å². The lowest BCUT2D eigenvalue weighted by Crippen LogP contribution is -2.19. The highest BCUT2D eigenvalue weighted by Gasteiger charge is 2.14. The van der Waals surface area contributed by atoms with E-state index in [4.69, 9.17) is 0 Å². The molecule has 2 heterocycles. The molecular weight excluding hydrogens is 328 g/mol. The lowest BCUT2D eigenvalue weighted by molar-refractivity contribution is 0.677. The Balaban J connectivity index is 1.67. The van der Waals surface area contributed by atoms with Crippen LogP contribution in [0.2, 0.25) is 0 Å². The number of halogens is 1. The molecular formula is C13H15BrN2S2. The second kappa shape index (κ2) is 5.80. The van der Waals surface area contributed by atoms with Gasteiger partial charge in [-0.1, -0.05) is 33.7 Å². The molecule has 2 aromatic rings. The quantitative estimate of drug-likeness (QED) is 0.870. The van der Waals surface area contributed by atoms with Crippen LogP contribution < -0.4 is 5.32 Å². The number of rotatable bonds is 3. The topological polar surface area (TPSA) is 24.9 Å². The summed E-state index contributed by atoms with van der Waals surface area (Å²) < 4.78 is 2.34. The van der Waals surface area contributed by atoms with E-state index < -0.39 is 0 Å². The summed E-state index contributed by atoms with van der Waals surface area (Å²) in [6.45, 7) is 1.05. The summed E-state index contributed by atoms with van der Waals surface area (Å²) in [6.07, 6.45) is 4.11. The predicted molar refractivity (Wildman–Crippen MR) is 85.9 cm³/mol. The molecule has 1 aromatic carbocycles. The van der Waals surface area contributed by atoms with Crippen molar-refractivity contribution in [1.29, 1.82) is 0 Å². The van der Waals surface area contributed by atoms with E-state index in [-0.39, 0.29) is 0 Å². The van der Waals surface area contributed by atoms with Crippen molar-refractivity contribution in [2.45, 2.75) is 24.5 Å². The van der Waals surface area contributed by atoms with Gasteiger partial charge in [0.1, 0.15) is 0 Å². The lowest BCUT2D eigenvalue weighted by atomic mass is 10.2. The lowest BCUT2D eigenvalue weighted by Gasteiger charge is -2.21. The average Bonchev–Trinajstić information content (AvgIpc) is 2.79. The molecule has 0 amide bonds. The van der Waals surface area contributed by atoms with E-state index in [1.165, 1.54) is 29.7 Å². The fourth-order valence-corrected chi connectivity index (χ4v) is 4.59. The van der Waals surface area contributed by atoms with Gasteiger partial charge in [-0.3, -0.25) is 0 Å². The van der Waals surface area contributed by atoms with Crippen molar-refractivity contribution in [1.82, 2.24) is 4.98 Å². The van der Waals surface area contributed by atoms with Gasteiger partial charge in [-0.25, -0.2) is 4.98 Å². The van der Waals surface area contributed by atoms with Crippen LogP contribution in [-0.4, -0.2) is 22.5 Å². The molecule has 0 spiro atoms. The normalized spacial score (nSPS) is 20.2. The van der Waals surface area contributed by atoms with Gasteiger partial charge in [0, 0.05) is 16.3 Å². The number of benzene rings is 1. The highest BCUT2D eigenvalue weighted by molar-refractivity contribution is 9.10. The molecule has 1 fully saturated rings.